The van der Waals surface area contributed by atoms with Crippen LogP contribution in [0.1, 0.15) is 23.1 Å². The Labute approximate surface area is 140 Å². The number of ether oxygens (including phenoxy) is 1. The summed E-state index contributed by atoms with van der Waals surface area (Å²) in [7, 11) is 0. The summed E-state index contributed by atoms with van der Waals surface area (Å²) in [6, 6.07) is 18.8. The van der Waals surface area contributed by atoms with Crippen LogP contribution in [0.2, 0.25) is 0 Å². The summed E-state index contributed by atoms with van der Waals surface area (Å²) in [4.78, 5) is 12.4. The molecule has 5 heteroatoms. The topological polar surface area (TPSA) is 56.1 Å². The molecule has 5 nitrogen and oxygen atoms in total. The van der Waals surface area contributed by atoms with Gasteiger partial charge in [0.05, 0.1) is 12.3 Å². The molecule has 0 aliphatic rings. The second kappa shape index (κ2) is 7.00. The second-order valence-corrected chi connectivity index (χ2v) is 5.33. The largest absolute Gasteiger partial charge is 0.494 e. The molecule has 0 radical (unpaired) electrons. The van der Waals surface area contributed by atoms with Gasteiger partial charge in [-0.05, 0) is 56.3 Å². The molecular formula is C19H19N3O2. The van der Waals surface area contributed by atoms with Crippen LogP contribution in [-0.2, 0) is 0 Å². The Kier molecular flexibility index (Phi) is 4.61. The summed E-state index contributed by atoms with van der Waals surface area (Å²) in [5.41, 5.74) is 2.91. The molecule has 3 aromatic rings. The number of nitrogens with one attached hydrogen (secondary N) is 1. The second-order valence-electron chi connectivity index (χ2n) is 5.33. The average Bonchev–Trinajstić information content (AvgIpc) is 3.00. The molecule has 3 rings (SSSR count). The van der Waals surface area contributed by atoms with Crippen LogP contribution in [0.3, 0.4) is 0 Å². The first-order valence-electron chi connectivity index (χ1n) is 7.83. The molecule has 0 atom stereocenters. The quantitative estimate of drug-likeness (QED) is 0.777. The fourth-order valence-electron chi connectivity index (χ4n) is 2.41. The molecule has 0 unspecified atom stereocenters. The monoisotopic (exact) mass is 321 g/mol. The van der Waals surface area contributed by atoms with E-state index in [9.17, 15) is 4.79 Å². The number of amides is 1. The van der Waals surface area contributed by atoms with E-state index < -0.39 is 0 Å². The lowest BCUT2D eigenvalue weighted by Crippen LogP contribution is -2.13. The molecule has 2 aromatic carbocycles. The molecule has 24 heavy (non-hydrogen) atoms. The first-order valence-corrected chi connectivity index (χ1v) is 7.83. The molecule has 0 saturated heterocycles. The summed E-state index contributed by atoms with van der Waals surface area (Å²) in [6.07, 6.45) is 0. The normalized spacial score (nSPS) is 10.4. The van der Waals surface area contributed by atoms with Crippen LogP contribution >= 0.6 is 0 Å². The van der Waals surface area contributed by atoms with Crippen LogP contribution in [-0.4, -0.2) is 22.3 Å². The van der Waals surface area contributed by atoms with Gasteiger partial charge in [0, 0.05) is 11.4 Å². The minimum atomic E-state index is -0.239. The number of benzene rings is 2. The van der Waals surface area contributed by atoms with Gasteiger partial charge in [-0.15, -0.1) is 0 Å². The number of hydrogen-bond acceptors (Lipinski definition) is 3. The summed E-state index contributed by atoms with van der Waals surface area (Å²) in [5, 5.41) is 7.25. The Balaban J connectivity index is 1.76. The van der Waals surface area contributed by atoms with E-state index in [-0.39, 0.29) is 5.91 Å². The van der Waals surface area contributed by atoms with Gasteiger partial charge in [0.1, 0.15) is 5.75 Å². The van der Waals surface area contributed by atoms with Crippen molar-refractivity contribution >= 4 is 11.6 Å². The van der Waals surface area contributed by atoms with Crippen LogP contribution in [0.25, 0.3) is 5.69 Å². The van der Waals surface area contributed by atoms with Gasteiger partial charge >= 0.3 is 0 Å². The molecule has 0 spiro atoms. The van der Waals surface area contributed by atoms with Crippen LogP contribution in [0.5, 0.6) is 5.75 Å². The summed E-state index contributed by atoms with van der Waals surface area (Å²) < 4.78 is 7.15. The van der Waals surface area contributed by atoms with Crippen molar-refractivity contribution in [2.24, 2.45) is 0 Å². The number of hydrogen-bond donors (Lipinski definition) is 1. The van der Waals surface area contributed by atoms with E-state index in [1.165, 1.54) is 0 Å². The third kappa shape index (κ3) is 3.46. The third-order valence-corrected chi connectivity index (χ3v) is 3.54. The predicted octanol–water partition coefficient (Wildman–Crippen LogP) is 3.83. The number of para-hydroxylation sites is 1. The Morgan fingerprint density at radius 2 is 1.83 bits per heavy atom. The Hall–Kier alpha value is -3.08. The van der Waals surface area contributed by atoms with Crippen molar-refractivity contribution in [1.82, 2.24) is 9.78 Å². The standard InChI is InChI=1S/C19H19N3O2/c1-3-24-17-11-9-15(10-12-17)20-19(23)18-13-14(2)22(21-18)16-7-5-4-6-8-16/h4-13H,3H2,1-2H3,(H,20,23). The highest BCUT2D eigenvalue weighted by atomic mass is 16.5. The minimum absolute atomic E-state index is 0.239. The van der Waals surface area contributed by atoms with Crippen LogP contribution in [0, 0.1) is 6.92 Å². The van der Waals surface area contributed by atoms with Gasteiger partial charge in [-0.2, -0.15) is 5.10 Å². The van der Waals surface area contributed by atoms with Gasteiger partial charge in [-0.3, -0.25) is 4.79 Å². The zero-order chi connectivity index (χ0) is 16.9. The van der Waals surface area contributed by atoms with Gasteiger partial charge < -0.3 is 10.1 Å². The van der Waals surface area contributed by atoms with Gasteiger partial charge in [-0.1, -0.05) is 18.2 Å². The van der Waals surface area contributed by atoms with Crippen LogP contribution < -0.4 is 10.1 Å². The smallest absolute Gasteiger partial charge is 0.276 e. The van der Waals surface area contributed by atoms with Crippen molar-refractivity contribution in [3.63, 3.8) is 0 Å². The number of carbonyl (C=O) groups excluding carboxylic acids is 1. The van der Waals surface area contributed by atoms with Crippen LogP contribution in [0.15, 0.2) is 60.7 Å². The maximum absolute atomic E-state index is 12.4. The Morgan fingerprint density at radius 3 is 2.50 bits per heavy atom. The van der Waals surface area contributed by atoms with E-state index >= 15 is 0 Å². The highest BCUT2D eigenvalue weighted by Gasteiger charge is 2.13. The lowest BCUT2D eigenvalue weighted by molar-refractivity contribution is 0.102. The highest BCUT2D eigenvalue weighted by Crippen LogP contribution is 2.17. The summed E-state index contributed by atoms with van der Waals surface area (Å²) >= 11 is 0. The van der Waals surface area contributed by atoms with E-state index in [4.69, 9.17) is 4.74 Å². The lowest BCUT2D eigenvalue weighted by Gasteiger charge is -2.06. The third-order valence-electron chi connectivity index (χ3n) is 3.54. The molecule has 122 valence electrons. The number of aromatic nitrogens is 2. The van der Waals surface area contributed by atoms with E-state index in [1.54, 1.807) is 10.7 Å². The molecule has 0 aliphatic carbocycles. The van der Waals surface area contributed by atoms with Crippen molar-refractivity contribution in [2.75, 3.05) is 11.9 Å². The number of rotatable bonds is 5. The zero-order valence-electron chi connectivity index (χ0n) is 13.7. The first-order chi connectivity index (χ1) is 11.7. The molecule has 1 heterocycles. The van der Waals surface area contributed by atoms with Crippen LogP contribution in [0.4, 0.5) is 5.69 Å². The van der Waals surface area contributed by atoms with Gasteiger partial charge in [0.15, 0.2) is 5.69 Å². The average molecular weight is 321 g/mol. The fourth-order valence-corrected chi connectivity index (χ4v) is 2.41. The number of nitrogens with zero attached hydrogens (tertiary/aromatic N) is 2. The van der Waals surface area contributed by atoms with Gasteiger partial charge in [0.2, 0.25) is 0 Å². The van der Waals surface area contributed by atoms with Gasteiger partial charge in [-0.25, -0.2) is 4.68 Å². The molecular weight excluding hydrogens is 302 g/mol. The minimum Gasteiger partial charge on any atom is -0.494 e. The van der Waals surface area contributed by atoms with E-state index in [2.05, 4.69) is 10.4 Å². The maximum atomic E-state index is 12.4. The Morgan fingerprint density at radius 1 is 1.12 bits per heavy atom. The molecule has 0 saturated carbocycles. The Bertz CT molecular complexity index is 824. The molecule has 0 fully saturated rings. The van der Waals surface area contributed by atoms with Crippen molar-refractivity contribution in [1.29, 1.82) is 0 Å². The number of aryl methyl sites for hydroxylation is 1. The highest BCUT2D eigenvalue weighted by molar-refractivity contribution is 6.03. The molecule has 0 bridgehead atoms. The van der Waals surface area contributed by atoms with Crippen molar-refractivity contribution in [3.8, 4) is 11.4 Å². The first kappa shape index (κ1) is 15.8. The number of anilines is 1. The molecule has 0 aliphatic heterocycles. The maximum Gasteiger partial charge on any atom is 0.276 e. The summed E-state index contributed by atoms with van der Waals surface area (Å²) in [6.45, 7) is 4.47. The molecule has 1 aromatic heterocycles. The lowest BCUT2D eigenvalue weighted by atomic mass is 10.3. The van der Waals surface area contributed by atoms with Gasteiger partial charge in [0.25, 0.3) is 5.91 Å². The summed E-state index contributed by atoms with van der Waals surface area (Å²) in [5.74, 6) is 0.539. The molecule has 1 N–H and O–H groups in total. The van der Waals surface area contributed by atoms with Crippen molar-refractivity contribution in [3.05, 3.63) is 72.1 Å². The van der Waals surface area contributed by atoms with Crippen molar-refractivity contribution < 1.29 is 9.53 Å². The fraction of sp³-hybridized carbons (Fsp3) is 0.158. The van der Waals surface area contributed by atoms with E-state index in [1.807, 2.05) is 68.4 Å². The SMILES string of the molecule is CCOc1ccc(NC(=O)c2cc(C)n(-c3ccccc3)n2)cc1. The van der Waals surface area contributed by atoms with E-state index in [0.717, 1.165) is 17.1 Å². The van der Waals surface area contributed by atoms with Crippen molar-refractivity contribution in [2.45, 2.75) is 13.8 Å². The zero-order valence-corrected chi connectivity index (χ0v) is 13.7. The van der Waals surface area contributed by atoms with E-state index in [0.29, 0.717) is 18.0 Å². The molecule has 1 amide bonds. The predicted molar refractivity (Wildman–Crippen MR) is 93.9 cm³/mol. The number of carbonyl (C=O) groups is 1.